The predicted molar refractivity (Wildman–Crippen MR) is 130 cm³/mol. The molecule has 0 aliphatic heterocycles. The highest BCUT2D eigenvalue weighted by atomic mass is 19.4. The van der Waals surface area contributed by atoms with Gasteiger partial charge < -0.3 is 9.84 Å². The normalized spacial score (nSPS) is 23.5. The monoisotopic (exact) mass is 503 g/mol. The van der Waals surface area contributed by atoms with Crippen molar-refractivity contribution in [2.24, 2.45) is 0 Å². The Morgan fingerprint density at radius 3 is 2.42 bits per heavy atom. The van der Waals surface area contributed by atoms with E-state index in [9.17, 15) is 23.1 Å². The van der Waals surface area contributed by atoms with Crippen LogP contribution in [0.4, 0.5) is 13.2 Å². The maximum Gasteiger partial charge on any atom is 0.416 e. The second-order valence-electron chi connectivity index (χ2n) is 9.96. The lowest BCUT2D eigenvalue weighted by Crippen LogP contribution is -2.48. The zero-order valence-electron chi connectivity index (χ0n) is 20.5. The van der Waals surface area contributed by atoms with Crippen LogP contribution in [0.1, 0.15) is 67.4 Å². The maximum absolute atomic E-state index is 13.4. The Morgan fingerprint density at radius 1 is 1.14 bits per heavy atom. The van der Waals surface area contributed by atoms with Gasteiger partial charge in [-0.3, -0.25) is 4.57 Å². The van der Waals surface area contributed by atoms with Gasteiger partial charge >= 0.3 is 11.9 Å². The number of aromatic amines is 1. The number of alkyl halides is 3. The molecule has 2 aromatic carbocycles. The Kier molecular flexibility index (Phi) is 7.43. The van der Waals surface area contributed by atoms with Crippen molar-refractivity contribution >= 4 is 0 Å². The molecule has 1 heterocycles. The highest BCUT2D eigenvalue weighted by Gasteiger charge is 2.45. The van der Waals surface area contributed by atoms with Crippen LogP contribution in [-0.2, 0) is 21.9 Å². The topological polar surface area (TPSA) is 80.1 Å². The van der Waals surface area contributed by atoms with Crippen molar-refractivity contribution < 1.29 is 23.0 Å². The van der Waals surface area contributed by atoms with E-state index in [1.54, 1.807) is 24.5 Å². The molecule has 0 saturated heterocycles. The summed E-state index contributed by atoms with van der Waals surface area (Å²) in [5.74, 6) is 0. The van der Waals surface area contributed by atoms with Crippen LogP contribution in [-0.4, -0.2) is 33.1 Å². The third-order valence-electron chi connectivity index (χ3n) is 7.67. The molecule has 2 N–H and O–H groups in total. The SMILES string of the molecule is Cc1cc([C@@H](C)OCC2(c3ccccc3)CCC(CCO)(n3cn[nH]c3=O)CC2)cc(C(F)(F)F)c1. The van der Waals surface area contributed by atoms with E-state index in [2.05, 4.69) is 10.2 Å². The van der Waals surface area contributed by atoms with E-state index in [4.69, 9.17) is 4.74 Å². The molecule has 0 amide bonds. The minimum absolute atomic E-state index is 0.0572. The molecule has 1 aliphatic rings. The summed E-state index contributed by atoms with van der Waals surface area (Å²) in [6.07, 6.45) is -0.417. The molecule has 0 spiro atoms. The lowest BCUT2D eigenvalue weighted by atomic mass is 9.63. The van der Waals surface area contributed by atoms with Gasteiger partial charge in [-0.15, -0.1) is 0 Å². The molecule has 6 nitrogen and oxygen atoms in total. The van der Waals surface area contributed by atoms with Crippen molar-refractivity contribution in [2.75, 3.05) is 13.2 Å². The molecule has 3 aromatic rings. The fourth-order valence-electron chi connectivity index (χ4n) is 5.50. The van der Waals surface area contributed by atoms with Crippen LogP contribution in [0.2, 0.25) is 0 Å². The Balaban J connectivity index is 1.59. The van der Waals surface area contributed by atoms with Crippen molar-refractivity contribution in [3.8, 4) is 0 Å². The van der Waals surface area contributed by atoms with Gasteiger partial charge in [0.15, 0.2) is 0 Å². The first kappa shape index (κ1) is 26.2. The minimum atomic E-state index is -4.42. The molecule has 0 unspecified atom stereocenters. The molecular formula is C27H32F3N3O3. The number of nitrogens with one attached hydrogen (secondary N) is 1. The van der Waals surface area contributed by atoms with Gasteiger partial charge in [0.05, 0.1) is 23.8 Å². The average Bonchev–Trinajstić information content (AvgIpc) is 3.30. The van der Waals surface area contributed by atoms with E-state index in [1.165, 1.54) is 6.33 Å². The Labute approximate surface area is 208 Å². The number of benzene rings is 2. The van der Waals surface area contributed by atoms with E-state index >= 15 is 0 Å². The van der Waals surface area contributed by atoms with Crippen molar-refractivity contribution in [2.45, 2.75) is 69.2 Å². The summed E-state index contributed by atoms with van der Waals surface area (Å²) in [7, 11) is 0. The number of aliphatic hydroxyl groups excluding tert-OH is 1. The number of rotatable bonds is 8. The Morgan fingerprint density at radius 2 is 1.83 bits per heavy atom. The highest BCUT2D eigenvalue weighted by Crippen LogP contribution is 2.48. The largest absolute Gasteiger partial charge is 0.416 e. The van der Waals surface area contributed by atoms with E-state index in [1.807, 2.05) is 30.3 Å². The van der Waals surface area contributed by atoms with Gasteiger partial charge in [0.2, 0.25) is 0 Å². The van der Waals surface area contributed by atoms with Crippen LogP contribution in [0.3, 0.4) is 0 Å². The second-order valence-corrected chi connectivity index (χ2v) is 9.96. The number of aryl methyl sites for hydroxylation is 1. The first-order valence-electron chi connectivity index (χ1n) is 12.2. The van der Waals surface area contributed by atoms with Crippen LogP contribution < -0.4 is 5.69 Å². The molecule has 4 rings (SSSR count). The lowest BCUT2D eigenvalue weighted by molar-refractivity contribution is -0.137. The minimum Gasteiger partial charge on any atom is -0.396 e. The van der Waals surface area contributed by atoms with Crippen molar-refractivity contribution in [1.29, 1.82) is 0 Å². The van der Waals surface area contributed by atoms with E-state index in [0.717, 1.165) is 17.7 Å². The summed E-state index contributed by atoms with van der Waals surface area (Å²) in [5, 5.41) is 16.1. The lowest BCUT2D eigenvalue weighted by Gasteiger charge is -2.47. The molecule has 1 saturated carbocycles. The van der Waals surface area contributed by atoms with E-state index in [-0.39, 0.29) is 17.7 Å². The van der Waals surface area contributed by atoms with Crippen molar-refractivity contribution in [3.63, 3.8) is 0 Å². The first-order chi connectivity index (χ1) is 17.1. The van der Waals surface area contributed by atoms with Gasteiger partial charge in [0.1, 0.15) is 6.33 Å². The standard InChI is InChI=1S/C27H32F3N3O3/c1-19-14-21(16-23(15-19)27(28,29)30)20(2)36-17-25(22-6-4-3-5-7-22)8-10-26(11-9-25,12-13-34)33-18-31-32-24(33)35/h3-7,14-16,18,20,34H,8-13,17H2,1-2H3,(H,32,35)/t20-,25?,26?/m1/s1. The van der Waals surface area contributed by atoms with Gasteiger partial charge in [-0.1, -0.05) is 42.0 Å². The fourth-order valence-corrected chi connectivity index (χ4v) is 5.50. The van der Waals surface area contributed by atoms with E-state index < -0.39 is 23.4 Å². The third-order valence-corrected chi connectivity index (χ3v) is 7.67. The Hall–Kier alpha value is -2.91. The molecule has 36 heavy (non-hydrogen) atoms. The maximum atomic E-state index is 13.4. The summed E-state index contributed by atoms with van der Waals surface area (Å²) < 4.78 is 48.0. The molecule has 1 aromatic heterocycles. The van der Waals surface area contributed by atoms with Crippen LogP contribution in [0.25, 0.3) is 0 Å². The molecule has 194 valence electrons. The number of ether oxygens (including phenoxy) is 1. The quantitative estimate of drug-likeness (QED) is 0.439. The molecule has 1 fully saturated rings. The summed E-state index contributed by atoms with van der Waals surface area (Å²) in [6, 6.07) is 14.0. The van der Waals surface area contributed by atoms with Gasteiger partial charge in [-0.05, 0) is 69.2 Å². The summed E-state index contributed by atoms with van der Waals surface area (Å²) in [4.78, 5) is 12.4. The fraction of sp³-hybridized carbons (Fsp3) is 0.481. The van der Waals surface area contributed by atoms with Crippen LogP contribution in [0.5, 0.6) is 0 Å². The molecule has 9 heteroatoms. The highest BCUT2D eigenvalue weighted by molar-refractivity contribution is 5.33. The first-order valence-corrected chi connectivity index (χ1v) is 12.2. The van der Waals surface area contributed by atoms with Gasteiger partial charge in [-0.2, -0.15) is 18.3 Å². The number of aromatic nitrogens is 3. The molecule has 0 bridgehead atoms. The van der Waals surface area contributed by atoms with Crippen LogP contribution in [0.15, 0.2) is 59.7 Å². The second kappa shape index (κ2) is 10.2. The number of nitrogens with zero attached hydrogens (tertiary/aromatic N) is 2. The van der Waals surface area contributed by atoms with Gasteiger partial charge in [-0.25, -0.2) is 9.89 Å². The van der Waals surface area contributed by atoms with Crippen molar-refractivity contribution in [1.82, 2.24) is 14.8 Å². The number of halogens is 3. The molecule has 0 radical (unpaired) electrons. The van der Waals surface area contributed by atoms with E-state index in [0.29, 0.717) is 49.8 Å². The summed E-state index contributed by atoms with van der Waals surface area (Å²) >= 11 is 0. The number of aliphatic hydroxyl groups is 1. The third kappa shape index (κ3) is 5.27. The molecular weight excluding hydrogens is 471 g/mol. The zero-order valence-corrected chi connectivity index (χ0v) is 20.5. The summed E-state index contributed by atoms with van der Waals surface area (Å²) in [5.41, 5.74) is 0.197. The number of hydrogen-bond donors (Lipinski definition) is 2. The van der Waals surface area contributed by atoms with Crippen molar-refractivity contribution in [3.05, 3.63) is 87.6 Å². The number of H-pyrrole nitrogens is 1. The Bertz CT molecular complexity index is 1210. The van der Waals surface area contributed by atoms with Gasteiger partial charge in [0, 0.05) is 12.0 Å². The van der Waals surface area contributed by atoms with Crippen LogP contribution in [0, 0.1) is 6.92 Å². The van der Waals surface area contributed by atoms with Crippen LogP contribution >= 0.6 is 0 Å². The smallest absolute Gasteiger partial charge is 0.396 e. The zero-order chi connectivity index (χ0) is 26.0. The molecule has 1 atom stereocenters. The van der Waals surface area contributed by atoms with Gasteiger partial charge in [0.25, 0.3) is 0 Å². The average molecular weight is 504 g/mol. The predicted octanol–water partition coefficient (Wildman–Crippen LogP) is 5.27. The molecule has 1 aliphatic carbocycles. The number of hydrogen-bond acceptors (Lipinski definition) is 4. The summed E-state index contributed by atoms with van der Waals surface area (Å²) in [6.45, 7) is 3.69.